The van der Waals surface area contributed by atoms with Crippen LogP contribution in [0, 0.1) is 0 Å². The van der Waals surface area contributed by atoms with Crippen LogP contribution in [0.1, 0.15) is 11.1 Å². The van der Waals surface area contributed by atoms with Crippen LogP contribution >= 0.6 is 0 Å². The zero-order valence-corrected chi connectivity index (χ0v) is 14.1. The number of rotatable bonds is 4. The number of pyridine rings is 1. The summed E-state index contributed by atoms with van der Waals surface area (Å²) in [6.07, 6.45) is 3.71. The van der Waals surface area contributed by atoms with Gasteiger partial charge in [0.2, 0.25) is 0 Å². The Bertz CT molecular complexity index is 1090. The van der Waals surface area contributed by atoms with Crippen LogP contribution in [0.2, 0.25) is 0 Å². The summed E-state index contributed by atoms with van der Waals surface area (Å²) in [5.41, 5.74) is 3.67. The molecule has 1 unspecified atom stereocenters. The molecule has 0 saturated carbocycles. The summed E-state index contributed by atoms with van der Waals surface area (Å²) in [5.74, 6) is -0.968. The zero-order chi connectivity index (χ0) is 19.0. The van der Waals surface area contributed by atoms with Gasteiger partial charge in [-0.2, -0.15) is 0 Å². The van der Waals surface area contributed by atoms with Crippen LogP contribution in [0.25, 0.3) is 22.7 Å². The van der Waals surface area contributed by atoms with E-state index in [0.717, 1.165) is 16.6 Å². The number of aromatic nitrogens is 2. The van der Waals surface area contributed by atoms with Crippen molar-refractivity contribution >= 4 is 45.9 Å². The van der Waals surface area contributed by atoms with Gasteiger partial charge < -0.3 is 25.8 Å². The quantitative estimate of drug-likeness (QED) is 0.447. The van der Waals surface area contributed by atoms with Crippen molar-refractivity contribution in [3.8, 4) is 0 Å². The van der Waals surface area contributed by atoms with Crippen LogP contribution < -0.4 is 10.6 Å². The lowest BCUT2D eigenvalue weighted by molar-refractivity contribution is -0.125. The van der Waals surface area contributed by atoms with Crippen molar-refractivity contribution in [3.05, 3.63) is 53.9 Å². The van der Waals surface area contributed by atoms with Gasteiger partial charge in [-0.15, -0.1) is 0 Å². The van der Waals surface area contributed by atoms with Crippen LogP contribution in [0.5, 0.6) is 0 Å². The highest BCUT2D eigenvalue weighted by Crippen LogP contribution is 2.35. The number of carbonyl (C=O) groups is 2. The summed E-state index contributed by atoms with van der Waals surface area (Å²) in [7, 11) is 0. The maximum atomic E-state index is 12.4. The molecular formula is C19H16N4O4. The molecule has 0 radical (unpaired) electrons. The largest absolute Gasteiger partial charge is 0.393 e. The van der Waals surface area contributed by atoms with E-state index in [0.29, 0.717) is 22.5 Å². The second kappa shape index (κ2) is 6.67. The van der Waals surface area contributed by atoms with E-state index in [2.05, 4.69) is 20.6 Å². The number of aliphatic hydroxyl groups is 2. The third-order valence-corrected chi connectivity index (χ3v) is 4.33. The first kappa shape index (κ1) is 17.0. The van der Waals surface area contributed by atoms with Crippen molar-refractivity contribution < 1.29 is 19.8 Å². The maximum Gasteiger partial charge on any atom is 0.256 e. The molecule has 1 aliphatic rings. The number of benzene rings is 1. The summed E-state index contributed by atoms with van der Waals surface area (Å²) >= 11 is 0. The minimum Gasteiger partial charge on any atom is -0.393 e. The highest BCUT2D eigenvalue weighted by Gasteiger charge is 2.25. The first-order chi connectivity index (χ1) is 13.1. The molecule has 0 saturated heterocycles. The molecule has 27 heavy (non-hydrogen) atoms. The number of aromatic amines is 1. The molecule has 0 aliphatic carbocycles. The van der Waals surface area contributed by atoms with Gasteiger partial charge >= 0.3 is 0 Å². The van der Waals surface area contributed by atoms with Crippen LogP contribution in [0.15, 0.2) is 42.7 Å². The summed E-state index contributed by atoms with van der Waals surface area (Å²) in [6.45, 7) is -0.670. The Morgan fingerprint density at radius 2 is 2.19 bits per heavy atom. The van der Waals surface area contributed by atoms with Crippen molar-refractivity contribution in [3.63, 3.8) is 0 Å². The third-order valence-electron chi connectivity index (χ3n) is 4.33. The van der Waals surface area contributed by atoms with Gasteiger partial charge in [0.05, 0.1) is 6.61 Å². The molecular weight excluding hydrogens is 348 g/mol. The summed E-state index contributed by atoms with van der Waals surface area (Å²) < 4.78 is 0. The van der Waals surface area contributed by atoms with Crippen molar-refractivity contribution in [2.24, 2.45) is 0 Å². The van der Waals surface area contributed by atoms with E-state index in [1.54, 1.807) is 36.7 Å². The summed E-state index contributed by atoms with van der Waals surface area (Å²) in [4.78, 5) is 31.5. The highest BCUT2D eigenvalue weighted by atomic mass is 16.3. The maximum absolute atomic E-state index is 12.4. The normalized spacial score (nSPS) is 15.6. The molecule has 4 rings (SSSR count). The zero-order valence-electron chi connectivity index (χ0n) is 14.1. The van der Waals surface area contributed by atoms with Crippen molar-refractivity contribution in [2.75, 3.05) is 17.2 Å². The molecule has 0 spiro atoms. The topological polar surface area (TPSA) is 127 Å². The Hall–Kier alpha value is -3.49. The van der Waals surface area contributed by atoms with E-state index in [4.69, 9.17) is 5.11 Å². The van der Waals surface area contributed by atoms with Gasteiger partial charge in [0, 0.05) is 45.9 Å². The molecule has 136 valence electrons. The van der Waals surface area contributed by atoms with Crippen molar-refractivity contribution in [2.45, 2.75) is 6.10 Å². The van der Waals surface area contributed by atoms with Crippen molar-refractivity contribution in [1.82, 2.24) is 9.97 Å². The van der Waals surface area contributed by atoms with Gasteiger partial charge in [0.25, 0.3) is 11.8 Å². The number of amides is 2. The molecule has 1 aliphatic heterocycles. The minimum absolute atomic E-state index is 0.248. The van der Waals surface area contributed by atoms with Crippen LogP contribution in [-0.2, 0) is 9.59 Å². The van der Waals surface area contributed by atoms with Gasteiger partial charge in [-0.05, 0) is 36.4 Å². The summed E-state index contributed by atoms with van der Waals surface area (Å²) in [5, 5.41) is 24.5. The molecule has 0 fully saturated rings. The molecule has 2 aromatic heterocycles. The monoisotopic (exact) mass is 364 g/mol. The number of hydrogen-bond donors (Lipinski definition) is 5. The van der Waals surface area contributed by atoms with E-state index < -0.39 is 18.6 Å². The van der Waals surface area contributed by atoms with E-state index in [1.807, 2.05) is 12.1 Å². The molecule has 3 aromatic rings. The average molecular weight is 364 g/mol. The second-order valence-corrected chi connectivity index (χ2v) is 6.10. The lowest BCUT2D eigenvalue weighted by Crippen LogP contribution is -2.30. The Balaban J connectivity index is 1.72. The number of carbonyl (C=O) groups excluding carboxylic acids is 2. The fraction of sp³-hybridized carbons (Fsp3) is 0.105. The highest BCUT2D eigenvalue weighted by molar-refractivity contribution is 6.35. The third kappa shape index (κ3) is 3.07. The number of hydrogen-bond acceptors (Lipinski definition) is 5. The predicted molar refractivity (Wildman–Crippen MR) is 101 cm³/mol. The van der Waals surface area contributed by atoms with Gasteiger partial charge in [-0.3, -0.25) is 9.59 Å². The first-order valence-electron chi connectivity index (χ1n) is 8.26. The molecule has 1 aromatic carbocycles. The molecule has 3 heterocycles. The van der Waals surface area contributed by atoms with E-state index >= 15 is 0 Å². The average Bonchev–Trinajstić information content (AvgIpc) is 3.22. The van der Waals surface area contributed by atoms with Crippen LogP contribution in [0.3, 0.4) is 0 Å². The first-order valence-corrected chi connectivity index (χ1v) is 8.26. The van der Waals surface area contributed by atoms with Crippen molar-refractivity contribution in [1.29, 1.82) is 0 Å². The van der Waals surface area contributed by atoms with E-state index in [1.165, 1.54) is 0 Å². The Morgan fingerprint density at radius 3 is 3.00 bits per heavy atom. The Morgan fingerprint density at radius 1 is 1.33 bits per heavy atom. The summed E-state index contributed by atoms with van der Waals surface area (Å²) in [6, 6.07) is 8.66. The van der Waals surface area contributed by atoms with E-state index in [9.17, 15) is 14.7 Å². The predicted octanol–water partition coefficient (Wildman–Crippen LogP) is 1.35. The van der Waals surface area contributed by atoms with Gasteiger partial charge in [-0.1, -0.05) is 0 Å². The molecule has 1 atom stereocenters. The Kier molecular flexibility index (Phi) is 4.19. The lowest BCUT2D eigenvalue weighted by Gasteiger charge is -2.10. The number of aliphatic hydroxyl groups excluding tert-OH is 2. The smallest absolute Gasteiger partial charge is 0.256 e. The molecule has 5 N–H and O–H groups in total. The minimum atomic E-state index is -1.51. The fourth-order valence-electron chi connectivity index (χ4n) is 2.97. The fourth-order valence-corrected chi connectivity index (χ4v) is 2.97. The van der Waals surface area contributed by atoms with Crippen LogP contribution in [-0.4, -0.2) is 44.7 Å². The number of nitrogens with one attached hydrogen (secondary N) is 3. The number of fused-ring (bicyclic) bond motifs is 2. The Labute approximate surface area is 153 Å². The lowest BCUT2D eigenvalue weighted by atomic mass is 10.0. The number of nitrogens with zero attached hydrogens (tertiary/aromatic N) is 1. The number of anilines is 2. The van der Waals surface area contributed by atoms with E-state index in [-0.39, 0.29) is 5.91 Å². The molecule has 2 amide bonds. The van der Waals surface area contributed by atoms with Gasteiger partial charge in [0.1, 0.15) is 5.65 Å². The molecule has 8 nitrogen and oxygen atoms in total. The number of H-pyrrole nitrogens is 1. The SMILES string of the molecule is O=C1Nc2ccc(NC(=O)C(O)CO)cc2/C1=C\c1c[nH]c2ncccc12. The van der Waals surface area contributed by atoms with Gasteiger partial charge in [-0.25, -0.2) is 4.98 Å². The van der Waals surface area contributed by atoms with Gasteiger partial charge in [0.15, 0.2) is 6.10 Å². The second-order valence-electron chi connectivity index (χ2n) is 6.10. The standard InChI is InChI=1S/C19H16N4O4/c24-9-16(25)19(27)22-11-3-4-15-13(7-11)14(18(26)23-15)6-10-8-21-17-12(10)2-1-5-20-17/h1-8,16,24-25H,9H2,(H,20,21)(H,22,27)(H,23,26)/b14-6+. The molecule has 0 bridgehead atoms. The van der Waals surface area contributed by atoms with Crippen LogP contribution in [0.4, 0.5) is 11.4 Å². The molecule has 8 heteroatoms.